The monoisotopic (exact) mass is 449 g/mol. The van der Waals surface area contributed by atoms with E-state index in [2.05, 4.69) is 26.1 Å². The second-order valence-electron chi connectivity index (χ2n) is 9.32. The molecule has 9 heteroatoms. The Bertz CT molecular complexity index is 942. The van der Waals surface area contributed by atoms with Gasteiger partial charge >= 0.3 is 0 Å². The van der Waals surface area contributed by atoms with Gasteiger partial charge in [0.2, 0.25) is 11.8 Å². The van der Waals surface area contributed by atoms with E-state index >= 15 is 0 Å². The van der Waals surface area contributed by atoms with Crippen molar-refractivity contribution >= 4 is 27.6 Å². The van der Waals surface area contributed by atoms with Crippen molar-refractivity contribution in [2.75, 3.05) is 44.2 Å². The number of hydrogen-bond donors (Lipinski definition) is 1. The van der Waals surface area contributed by atoms with Gasteiger partial charge in [-0.2, -0.15) is 0 Å². The van der Waals surface area contributed by atoms with Gasteiger partial charge in [0.25, 0.3) is 5.91 Å². The fourth-order valence-electron chi connectivity index (χ4n) is 3.92. The van der Waals surface area contributed by atoms with Crippen LogP contribution in [0.3, 0.4) is 0 Å². The highest BCUT2D eigenvalue weighted by Crippen LogP contribution is 2.23. The molecule has 2 fully saturated rings. The third-order valence-corrected chi connectivity index (χ3v) is 7.71. The minimum atomic E-state index is -3.10. The minimum absolute atomic E-state index is 0.000516. The zero-order valence-electron chi connectivity index (χ0n) is 18.4. The highest BCUT2D eigenvalue weighted by molar-refractivity contribution is 7.91. The second kappa shape index (κ2) is 8.98. The molecule has 0 bridgehead atoms. The lowest BCUT2D eigenvalue weighted by Crippen LogP contribution is -2.53. The number of carbonyl (C=O) groups is 3. The number of nitrogens with zero attached hydrogens (tertiary/aromatic N) is 2. The molecule has 2 aliphatic heterocycles. The molecule has 1 aromatic carbocycles. The van der Waals surface area contributed by atoms with E-state index in [0.29, 0.717) is 38.2 Å². The van der Waals surface area contributed by atoms with Gasteiger partial charge in [0.15, 0.2) is 9.84 Å². The smallest absolute Gasteiger partial charge is 0.251 e. The molecule has 0 aromatic heterocycles. The molecule has 1 aromatic rings. The van der Waals surface area contributed by atoms with Gasteiger partial charge in [0.05, 0.1) is 24.0 Å². The quantitative estimate of drug-likeness (QED) is 0.733. The van der Waals surface area contributed by atoms with E-state index in [1.54, 1.807) is 21.9 Å². The molecule has 2 saturated heterocycles. The topological polar surface area (TPSA) is 104 Å². The number of rotatable bonds is 4. The Labute approximate surface area is 183 Å². The van der Waals surface area contributed by atoms with Crippen LogP contribution in [0.25, 0.3) is 0 Å². The molecule has 3 amide bonds. The first-order valence-electron chi connectivity index (χ1n) is 10.6. The van der Waals surface area contributed by atoms with Gasteiger partial charge in [-0.3, -0.25) is 14.4 Å². The lowest BCUT2D eigenvalue weighted by Gasteiger charge is -2.35. The summed E-state index contributed by atoms with van der Waals surface area (Å²) in [6, 6.07) is 7.35. The predicted molar refractivity (Wildman–Crippen MR) is 117 cm³/mol. The van der Waals surface area contributed by atoms with Crippen LogP contribution in [0.4, 0.5) is 0 Å². The molecule has 3 rings (SSSR count). The van der Waals surface area contributed by atoms with Crippen LogP contribution in [0.1, 0.15) is 43.1 Å². The predicted octanol–water partition coefficient (Wildman–Crippen LogP) is 0.819. The van der Waals surface area contributed by atoms with Gasteiger partial charge < -0.3 is 15.1 Å². The first kappa shape index (κ1) is 23.2. The number of carbonyl (C=O) groups excluding carboxylic acids is 3. The zero-order valence-corrected chi connectivity index (χ0v) is 19.2. The lowest BCUT2D eigenvalue weighted by atomic mass is 9.87. The van der Waals surface area contributed by atoms with Gasteiger partial charge in [-0.1, -0.05) is 32.9 Å². The van der Waals surface area contributed by atoms with Crippen LogP contribution < -0.4 is 5.32 Å². The first-order chi connectivity index (χ1) is 14.5. The molecule has 0 aliphatic carbocycles. The van der Waals surface area contributed by atoms with Crippen LogP contribution >= 0.6 is 0 Å². The molecule has 31 heavy (non-hydrogen) atoms. The number of benzene rings is 1. The second-order valence-corrected chi connectivity index (χ2v) is 11.5. The normalized spacial score (nSPS) is 21.1. The summed E-state index contributed by atoms with van der Waals surface area (Å²) in [6.07, 6.45) is 0.378. The van der Waals surface area contributed by atoms with E-state index in [1.165, 1.54) is 0 Å². The Morgan fingerprint density at radius 3 is 2.10 bits per heavy atom. The SMILES string of the molecule is CC(C)(C)c1ccc(C(=O)NCC(=O)N2CCN(C(=O)[C@H]3CCS(=O)(=O)C3)CC2)cc1. The molecule has 0 unspecified atom stereocenters. The van der Waals surface area contributed by atoms with Crippen molar-refractivity contribution in [1.82, 2.24) is 15.1 Å². The van der Waals surface area contributed by atoms with Gasteiger partial charge in [-0.05, 0) is 29.5 Å². The molecule has 1 N–H and O–H groups in total. The van der Waals surface area contributed by atoms with Crippen LogP contribution in [0.2, 0.25) is 0 Å². The molecule has 8 nitrogen and oxygen atoms in total. The maximum Gasteiger partial charge on any atom is 0.251 e. The first-order valence-corrected chi connectivity index (χ1v) is 12.4. The maximum atomic E-state index is 12.5. The summed E-state index contributed by atoms with van der Waals surface area (Å²) in [5.74, 6) is -1.11. The van der Waals surface area contributed by atoms with Crippen molar-refractivity contribution in [2.24, 2.45) is 5.92 Å². The summed E-state index contributed by atoms with van der Waals surface area (Å²) in [5, 5.41) is 2.66. The fourth-order valence-corrected chi connectivity index (χ4v) is 5.65. The number of amides is 3. The standard InChI is InChI=1S/C22H31N3O5S/c1-22(2,3)18-6-4-16(5-7-18)20(27)23-14-19(26)24-9-11-25(12-10-24)21(28)17-8-13-31(29,30)15-17/h4-7,17H,8-15H2,1-3H3,(H,23,27)/t17-/m0/s1. The summed E-state index contributed by atoms with van der Waals surface area (Å²) in [4.78, 5) is 40.6. The van der Waals surface area contributed by atoms with Crippen molar-refractivity contribution in [3.05, 3.63) is 35.4 Å². The van der Waals surface area contributed by atoms with E-state index in [4.69, 9.17) is 0 Å². The Morgan fingerprint density at radius 2 is 1.58 bits per heavy atom. The third-order valence-electron chi connectivity index (χ3n) is 5.94. The van der Waals surface area contributed by atoms with E-state index < -0.39 is 15.8 Å². The van der Waals surface area contributed by atoms with Crippen LogP contribution in [0.15, 0.2) is 24.3 Å². The number of sulfone groups is 1. The van der Waals surface area contributed by atoms with Crippen molar-refractivity contribution in [3.8, 4) is 0 Å². The van der Waals surface area contributed by atoms with Crippen LogP contribution in [-0.2, 0) is 24.8 Å². The van der Waals surface area contributed by atoms with Crippen LogP contribution in [0.5, 0.6) is 0 Å². The summed E-state index contributed by atoms with van der Waals surface area (Å²) in [5.41, 5.74) is 1.63. The molecular formula is C22H31N3O5S. The summed E-state index contributed by atoms with van der Waals surface area (Å²) in [6.45, 7) is 7.71. The zero-order chi connectivity index (χ0) is 22.8. The van der Waals surface area contributed by atoms with Crippen LogP contribution in [-0.4, -0.2) is 80.2 Å². The number of piperazine rings is 1. The summed E-state index contributed by atoms with van der Waals surface area (Å²) < 4.78 is 23.2. The Balaban J connectivity index is 1.45. The molecule has 2 heterocycles. The lowest BCUT2D eigenvalue weighted by molar-refractivity contribution is -0.141. The molecule has 0 spiro atoms. The summed E-state index contributed by atoms with van der Waals surface area (Å²) in [7, 11) is -3.10. The van der Waals surface area contributed by atoms with Crippen LogP contribution in [0, 0.1) is 5.92 Å². The highest BCUT2D eigenvalue weighted by atomic mass is 32.2. The minimum Gasteiger partial charge on any atom is -0.343 e. The van der Waals surface area contributed by atoms with Crippen molar-refractivity contribution < 1.29 is 22.8 Å². The van der Waals surface area contributed by atoms with E-state index in [1.807, 2.05) is 12.1 Å². The van der Waals surface area contributed by atoms with Gasteiger partial charge in [0.1, 0.15) is 0 Å². The Morgan fingerprint density at radius 1 is 1.00 bits per heavy atom. The number of hydrogen-bond acceptors (Lipinski definition) is 5. The van der Waals surface area contributed by atoms with Gasteiger partial charge in [-0.25, -0.2) is 8.42 Å². The molecule has 0 saturated carbocycles. The highest BCUT2D eigenvalue weighted by Gasteiger charge is 2.36. The molecular weight excluding hydrogens is 418 g/mol. The molecule has 2 aliphatic rings. The average Bonchev–Trinajstić information content (AvgIpc) is 3.10. The number of nitrogens with one attached hydrogen (secondary N) is 1. The largest absolute Gasteiger partial charge is 0.343 e. The average molecular weight is 450 g/mol. The van der Waals surface area contributed by atoms with E-state index in [0.717, 1.165) is 5.56 Å². The van der Waals surface area contributed by atoms with E-state index in [-0.39, 0.29) is 41.2 Å². The maximum absolute atomic E-state index is 12.5. The fraction of sp³-hybridized carbons (Fsp3) is 0.591. The van der Waals surface area contributed by atoms with E-state index in [9.17, 15) is 22.8 Å². The molecule has 170 valence electrons. The van der Waals surface area contributed by atoms with Crippen molar-refractivity contribution in [2.45, 2.75) is 32.6 Å². The van der Waals surface area contributed by atoms with Crippen molar-refractivity contribution in [3.63, 3.8) is 0 Å². The third kappa shape index (κ3) is 5.84. The summed E-state index contributed by atoms with van der Waals surface area (Å²) >= 11 is 0. The molecule has 0 radical (unpaired) electrons. The van der Waals surface area contributed by atoms with Crippen molar-refractivity contribution in [1.29, 1.82) is 0 Å². The van der Waals surface area contributed by atoms with Gasteiger partial charge in [-0.15, -0.1) is 0 Å². The Hall–Kier alpha value is -2.42. The Kier molecular flexibility index (Phi) is 6.73. The van der Waals surface area contributed by atoms with Gasteiger partial charge in [0, 0.05) is 31.7 Å². The molecule has 1 atom stereocenters.